The lowest BCUT2D eigenvalue weighted by Crippen LogP contribution is -2.44. The predicted octanol–water partition coefficient (Wildman–Crippen LogP) is 1.02. The average Bonchev–Trinajstić information content (AvgIpc) is 2.37. The van der Waals surface area contributed by atoms with Gasteiger partial charge < -0.3 is 5.32 Å². The lowest BCUT2D eigenvalue weighted by Gasteiger charge is -2.30. The van der Waals surface area contributed by atoms with Gasteiger partial charge in [-0.3, -0.25) is 4.98 Å². The minimum atomic E-state index is -3.02. The van der Waals surface area contributed by atoms with E-state index in [2.05, 4.69) is 10.3 Å². The highest BCUT2D eigenvalue weighted by atomic mass is 35.5. The van der Waals surface area contributed by atoms with E-state index in [-0.39, 0.29) is 12.4 Å². The first-order valence-electron chi connectivity index (χ1n) is 6.14. The molecule has 2 heterocycles. The van der Waals surface area contributed by atoms with Gasteiger partial charge >= 0.3 is 0 Å². The number of hydrogen-bond acceptors (Lipinski definition) is 4. The number of rotatable bonds is 4. The first kappa shape index (κ1) is 16.4. The van der Waals surface area contributed by atoms with Crippen molar-refractivity contribution >= 4 is 22.4 Å². The van der Waals surface area contributed by atoms with E-state index in [0.717, 1.165) is 25.1 Å². The molecular formula is C12H20ClN3O2S. The number of piperidine rings is 1. The van der Waals surface area contributed by atoms with Crippen LogP contribution in [0.2, 0.25) is 0 Å². The third-order valence-electron chi connectivity index (χ3n) is 3.22. The second-order valence-electron chi connectivity index (χ2n) is 4.64. The zero-order valence-electron chi connectivity index (χ0n) is 10.9. The van der Waals surface area contributed by atoms with Crippen LogP contribution < -0.4 is 5.32 Å². The fraction of sp³-hybridized carbons (Fsp3) is 0.583. The maximum Gasteiger partial charge on any atom is 0.211 e. The van der Waals surface area contributed by atoms with Crippen molar-refractivity contribution in [3.8, 4) is 0 Å². The van der Waals surface area contributed by atoms with Crippen molar-refractivity contribution in [3.63, 3.8) is 0 Å². The van der Waals surface area contributed by atoms with Crippen molar-refractivity contribution in [2.75, 3.05) is 19.3 Å². The number of pyridine rings is 1. The second-order valence-corrected chi connectivity index (χ2v) is 6.62. The van der Waals surface area contributed by atoms with Crippen molar-refractivity contribution < 1.29 is 8.42 Å². The first-order valence-corrected chi connectivity index (χ1v) is 7.99. The molecule has 5 nitrogen and oxygen atoms in total. The van der Waals surface area contributed by atoms with Crippen LogP contribution in [0.5, 0.6) is 0 Å². The zero-order valence-corrected chi connectivity index (χ0v) is 12.6. The Morgan fingerprint density at radius 2 is 2.05 bits per heavy atom. The molecule has 0 amide bonds. The van der Waals surface area contributed by atoms with Gasteiger partial charge in [0.2, 0.25) is 10.0 Å². The summed E-state index contributed by atoms with van der Waals surface area (Å²) in [4.78, 5) is 4.25. The van der Waals surface area contributed by atoms with Crippen molar-refractivity contribution in [2.24, 2.45) is 0 Å². The summed E-state index contributed by atoms with van der Waals surface area (Å²) in [7, 11) is -3.02. The Bertz CT molecular complexity index is 473. The number of halogens is 1. The van der Waals surface area contributed by atoms with Crippen LogP contribution in [-0.4, -0.2) is 43.1 Å². The van der Waals surface area contributed by atoms with Crippen LogP contribution in [0.25, 0.3) is 0 Å². The molecule has 2 rings (SSSR count). The summed E-state index contributed by atoms with van der Waals surface area (Å²) in [5.41, 5.74) is 1.02. The minimum Gasteiger partial charge on any atom is -0.308 e. The topological polar surface area (TPSA) is 62.3 Å². The van der Waals surface area contributed by atoms with Gasteiger partial charge in [0.05, 0.1) is 11.9 Å². The summed E-state index contributed by atoms with van der Waals surface area (Å²) in [5, 5.41) is 3.43. The highest BCUT2D eigenvalue weighted by Crippen LogP contribution is 2.13. The number of nitrogens with one attached hydrogen (secondary N) is 1. The maximum atomic E-state index is 11.4. The Kier molecular flexibility index (Phi) is 6.19. The predicted molar refractivity (Wildman–Crippen MR) is 77.8 cm³/mol. The molecule has 0 unspecified atom stereocenters. The van der Waals surface area contributed by atoms with Crippen molar-refractivity contribution in [2.45, 2.75) is 25.4 Å². The van der Waals surface area contributed by atoms with Crippen LogP contribution in [0.1, 0.15) is 18.5 Å². The summed E-state index contributed by atoms with van der Waals surface area (Å²) >= 11 is 0. The third kappa shape index (κ3) is 5.06. The van der Waals surface area contributed by atoms with E-state index in [1.165, 1.54) is 6.26 Å². The lowest BCUT2D eigenvalue weighted by molar-refractivity contribution is 0.289. The van der Waals surface area contributed by atoms with Gasteiger partial charge in [-0.05, 0) is 25.0 Å². The Morgan fingerprint density at radius 1 is 1.37 bits per heavy atom. The zero-order chi connectivity index (χ0) is 13.0. The molecule has 0 saturated carbocycles. The fourth-order valence-electron chi connectivity index (χ4n) is 2.14. The smallest absolute Gasteiger partial charge is 0.211 e. The molecule has 1 saturated heterocycles. The van der Waals surface area contributed by atoms with E-state index in [1.54, 1.807) is 10.5 Å². The molecule has 0 atom stereocenters. The van der Waals surface area contributed by atoms with Crippen LogP contribution in [0.4, 0.5) is 0 Å². The van der Waals surface area contributed by atoms with Crippen molar-refractivity contribution in [3.05, 3.63) is 30.1 Å². The molecule has 1 aromatic rings. The Morgan fingerprint density at radius 3 is 2.58 bits per heavy atom. The number of aromatic nitrogens is 1. The molecular weight excluding hydrogens is 286 g/mol. The van der Waals surface area contributed by atoms with Gasteiger partial charge in [0.1, 0.15) is 0 Å². The minimum absolute atomic E-state index is 0. The lowest BCUT2D eigenvalue weighted by atomic mass is 10.1. The van der Waals surface area contributed by atoms with Crippen LogP contribution in [0.15, 0.2) is 24.4 Å². The fourth-order valence-corrected chi connectivity index (χ4v) is 3.02. The van der Waals surface area contributed by atoms with Gasteiger partial charge in [0, 0.05) is 31.9 Å². The quantitative estimate of drug-likeness (QED) is 0.902. The van der Waals surface area contributed by atoms with E-state index in [1.807, 2.05) is 18.2 Å². The highest BCUT2D eigenvalue weighted by Gasteiger charge is 2.24. The van der Waals surface area contributed by atoms with Crippen LogP contribution >= 0.6 is 12.4 Å². The molecule has 0 bridgehead atoms. The first-order chi connectivity index (χ1) is 8.55. The molecule has 1 fully saturated rings. The van der Waals surface area contributed by atoms with Gasteiger partial charge in [-0.15, -0.1) is 12.4 Å². The Balaban J connectivity index is 0.00000180. The molecule has 0 spiro atoms. The standard InChI is InChI=1S/C12H19N3O2S.ClH/c1-18(16,17)15-8-5-11(6-9-15)14-10-12-4-2-3-7-13-12;/h2-4,7,11,14H,5-6,8-10H2,1H3;1H. The monoisotopic (exact) mass is 305 g/mol. The number of sulfonamides is 1. The maximum absolute atomic E-state index is 11.4. The van der Waals surface area contributed by atoms with E-state index in [0.29, 0.717) is 19.1 Å². The molecule has 1 aliphatic heterocycles. The van der Waals surface area contributed by atoms with Crippen molar-refractivity contribution in [1.82, 2.24) is 14.6 Å². The van der Waals surface area contributed by atoms with Gasteiger partial charge in [0.15, 0.2) is 0 Å². The molecule has 1 aromatic heterocycles. The van der Waals surface area contributed by atoms with Crippen molar-refractivity contribution in [1.29, 1.82) is 0 Å². The van der Waals surface area contributed by atoms with Crippen LogP contribution in [0.3, 0.4) is 0 Å². The molecule has 0 radical (unpaired) electrons. The van der Waals surface area contributed by atoms with Gasteiger partial charge in [-0.1, -0.05) is 6.07 Å². The van der Waals surface area contributed by atoms with Crippen LogP contribution in [-0.2, 0) is 16.6 Å². The van der Waals surface area contributed by atoms with E-state index in [4.69, 9.17) is 0 Å². The Labute approximate surface area is 120 Å². The molecule has 0 aliphatic carbocycles. The summed E-state index contributed by atoms with van der Waals surface area (Å²) in [6.07, 6.45) is 4.78. The third-order valence-corrected chi connectivity index (χ3v) is 4.52. The molecule has 1 aliphatic rings. The molecule has 7 heteroatoms. The highest BCUT2D eigenvalue weighted by molar-refractivity contribution is 7.88. The van der Waals surface area contributed by atoms with E-state index < -0.39 is 10.0 Å². The summed E-state index contributed by atoms with van der Waals surface area (Å²) in [6.45, 7) is 1.96. The largest absolute Gasteiger partial charge is 0.308 e. The van der Waals surface area contributed by atoms with Gasteiger partial charge in [0.25, 0.3) is 0 Å². The van der Waals surface area contributed by atoms with E-state index in [9.17, 15) is 8.42 Å². The second kappa shape index (κ2) is 7.19. The van der Waals surface area contributed by atoms with Crippen LogP contribution in [0, 0.1) is 0 Å². The van der Waals surface area contributed by atoms with Gasteiger partial charge in [-0.2, -0.15) is 0 Å². The summed E-state index contributed by atoms with van der Waals surface area (Å²) < 4.78 is 24.3. The molecule has 0 aromatic carbocycles. The molecule has 19 heavy (non-hydrogen) atoms. The number of hydrogen-bond donors (Lipinski definition) is 1. The van der Waals surface area contributed by atoms with Gasteiger partial charge in [-0.25, -0.2) is 12.7 Å². The molecule has 108 valence electrons. The normalized spacial score (nSPS) is 17.9. The Hall–Kier alpha value is -0.690. The number of nitrogens with zero attached hydrogens (tertiary/aromatic N) is 2. The van der Waals surface area contributed by atoms with E-state index >= 15 is 0 Å². The average molecular weight is 306 g/mol. The SMILES string of the molecule is CS(=O)(=O)N1CCC(NCc2ccccn2)CC1.Cl. The summed E-state index contributed by atoms with van der Waals surface area (Å²) in [5.74, 6) is 0. The molecule has 1 N–H and O–H groups in total. The summed E-state index contributed by atoms with van der Waals surface area (Å²) in [6, 6.07) is 6.23.